The normalized spacial score (nSPS) is 10.9. The van der Waals surface area contributed by atoms with Crippen LogP contribution >= 0.6 is 23.2 Å². The van der Waals surface area contributed by atoms with Crippen molar-refractivity contribution in [3.8, 4) is 11.3 Å². The summed E-state index contributed by atoms with van der Waals surface area (Å²) in [6, 6.07) is 11.0. The summed E-state index contributed by atoms with van der Waals surface area (Å²) in [6.07, 6.45) is 4.38. The van der Waals surface area contributed by atoms with Gasteiger partial charge in [0.25, 0.3) is 5.91 Å². The van der Waals surface area contributed by atoms with Crippen LogP contribution in [0.5, 0.6) is 0 Å². The third kappa shape index (κ3) is 6.99. The molecule has 1 aromatic heterocycles. The van der Waals surface area contributed by atoms with Gasteiger partial charge in [-0.05, 0) is 23.8 Å². The molecule has 0 radical (unpaired) electrons. The summed E-state index contributed by atoms with van der Waals surface area (Å²) in [5.41, 5.74) is 3.56. The number of nitro groups is 2. The first-order chi connectivity index (χ1) is 17.3. The number of nitrogens with zero attached hydrogens (tertiary/aromatic N) is 6. The van der Waals surface area contributed by atoms with E-state index in [1.807, 2.05) is 24.3 Å². The number of imidazole rings is 1. The molecular weight excluding hydrogens is 513 g/mol. The van der Waals surface area contributed by atoms with Crippen molar-refractivity contribution >= 4 is 52.4 Å². The monoisotopic (exact) mass is 533 g/mol. The summed E-state index contributed by atoms with van der Waals surface area (Å²) >= 11 is 11.7. The van der Waals surface area contributed by atoms with Crippen molar-refractivity contribution < 1.29 is 14.6 Å². The average molecular weight is 534 g/mol. The number of carbonyl (C=O) groups is 1. The Hall–Kier alpha value is -4.03. The largest absolute Gasteiger partial charge is 0.369 e. The highest BCUT2D eigenvalue weighted by molar-refractivity contribution is 6.18. The molecule has 0 aliphatic rings. The molecule has 14 heteroatoms. The number of halogens is 2. The van der Waals surface area contributed by atoms with Crippen molar-refractivity contribution in [2.24, 2.45) is 5.10 Å². The van der Waals surface area contributed by atoms with Gasteiger partial charge in [-0.2, -0.15) is 5.10 Å². The van der Waals surface area contributed by atoms with Gasteiger partial charge in [-0.3, -0.25) is 25.0 Å². The van der Waals surface area contributed by atoms with E-state index in [-0.39, 0.29) is 6.54 Å². The molecule has 0 aliphatic heterocycles. The molecule has 0 aliphatic carbocycles. The number of amides is 1. The van der Waals surface area contributed by atoms with Gasteiger partial charge < -0.3 is 9.47 Å². The van der Waals surface area contributed by atoms with Crippen molar-refractivity contribution in [3.05, 3.63) is 80.8 Å². The molecule has 0 atom stereocenters. The Kier molecular flexibility index (Phi) is 9.31. The zero-order valence-corrected chi connectivity index (χ0v) is 20.3. The van der Waals surface area contributed by atoms with Crippen LogP contribution in [0.15, 0.2) is 60.1 Å². The highest BCUT2D eigenvalue weighted by Crippen LogP contribution is 2.31. The molecule has 0 unspecified atom stereocenters. The lowest BCUT2D eigenvalue weighted by atomic mass is 10.1. The number of hydrogen-bond donors (Lipinski definition) is 1. The van der Waals surface area contributed by atoms with Crippen LogP contribution in [0.25, 0.3) is 11.3 Å². The lowest BCUT2D eigenvalue weighted by Crippen LogP contribution is -2.27. The molecule has 0 saturated carbocycles. The highest BCUT2D eigenvalue weighted by atomic mass is 35.5. The molecular formula is C22H21Cl2N7O5. The fourth-order valence-corrected chi connectivity index (χ4v) is 3.71. The van der Waals surface area contributed by atoms with Crippen LogP contribution in [-0.4, -0.2) is 56.4 Å². The number of anilines is 1. The van der Waals surface area contributed by atoms with Crippen LogP contribution in [0.4, 0.5) is 17.1 Å². The van der Waals surface area contributed by atoms with E-state index in [0.717, 1.165) is 23.4 Å². The number of carbonyl (C=O) groups excluding carboxylic acids is 1. The third-order valence-electron chi connectivity index (χ3n) is 4.99. The van der Waals surface area contributed by atoms with E-state index >= 15 is 0 Å². The first-order valence-corrected chi connectivity index (χ1v) is 11.6. The summed E-state index contributed by atoms with van der Waals surface area (Å²) in [5.74, 6) is 0.549. The zero-order valence-electron chi connectivity index (χ0n) is 18.8. The van der Waals surface area contributed by atoms with E-state index in [1.54, 1.807) is 0 Å². The number of nitrogens with one attached hydrogen (secondary N) is 1. The average Bonchev–Trinajstić information content (AvgIpc) is 3.32. The molecule has 0 bridgehead atoms. The van der Waals surface area contributed by atoms with Crippen molar-refractivity contribution in [1.82, 2.24) is 15.0 Å². The van der Waals surface area contributed by atoms with Gasteiger partial charge in [-0.1, -0.05) is 12.1 Å². The minimum Gasteiger partial charge on any atom is -0.369 e. The van der Waals surface area contributed by atoms with E-state index in [4.69, 9.17) is 23.2 Å². The second-order valence-electron chi connectivity index (χ2n) is 7.40. The second-order valence-corrected chi connectivity index (χ2v) is 8.15. The number of benzene rings is 2. The number of nitro benzene ring substituents is 2. The Morgan fingerprint density at radius 1 is 1.06 bits per heavy atom. The molecule has 1 N–H and O–H groups in total. The van der Waals surface area contributed by atoms with Crippen LogP contribution in [0.2, 0.25) is 0 Å². The van der Waals surface area contributed by atoms with Crippen molar-refractivity contribution in [3.63, 3.8) is 0 Å². The SMILES string of the molecule is O=C(Cn1cnc(-c2ccc([N+](=O)[O-])c([N+](=O)[O-])c2)c1)N/N=C\c1ccc(N(CCCl)CCCl)cc1. The lowest BCUT2D eigenvalue weighted by Gasteiger charge is -2.22. The zero-order chi connectivity index (χ0) is 26.1. The Morgan fingerprint density at radius 2 is 1.72 bits per heavy atom. The van der Waals surface area contributed by atoms with Crippen molar-refractivity contribution in [2.45, 2.75) is 6.54 Å². The Balaban J connectivity index is 1.59. The Morgan fingerprint density at radius 3 is 2.33 bits per heavy atom. The minimum atomic E-state index is -0.826. The topological polar surface area (TPSA) is 149 Å². The molecule has 2 aromatic carbocycles. The standard InChI is InChI=1S/C22H21Cl2N7O5/c23-7-9-29(10-8-24)18-4-1-16(2-5-18)12-26-27-22(32)14-28-13-19(25-15-28)17-3-6-20(30(33)34)21(11-17)31(35)36/h1-6,11-13,15H,7-10,14H2,(H,27,32)/b26-12-. The molecule has 12 nitrogen and oxygen atoms in total. The van der Waals surface area contributed by atoms with Gasteiger partial charge >= 0.3 is 11.4 Å². The van der Waals surface area contributed by atoms with E-state index in [9.17, 15) is 25.0 Å². The van der Waals surface area contributed by atoms with Crippen LogP contribution in [0.3, 0.4) is 0 Å². The van der Waals surface area contributed by atoms with E-state index in [2.05, 4.69) is 20.4 Å². The van der Waals surface area contributed by atoms with Gasteiger partial charge in [0.05, 0.1) is 28.1 Å². The van der Waals surface area contributed by atoms with Crippen molar-refractivity contribution in [1.29, 1.82) is 0 Å². The first-order valence-electron chi connectivity index (χ1n) is 10.6. The molecule has 1 amide bonds. The molecule has 0 saturated heterocycles. The van der Waals surface area contributed by atoms with Crippen molar-refractivity contribution in [2.75, 3.05) is 29.7 Å². The number of alkyl halides is 2. The number of aromatic nitrogens is 2. The van der Waals surface area contributed by atoms with Crippen LogP contribution < -0.4 is 10.3 Å². The molecule has 0 spiro atoms. The molecule has 1 heterocycles. The van der Waals surface area contributed by atoms with E-state index in [0.29, 0.717) is 36.1 Å². The number of rotatable bonds is 12. The minimum absolute atomic E-state index is 0.107. The molecule has 3 aromatic rings. The van der Waals surface area contributed by atoms with Gasteiger partial charge in [0.15, 0.2) is 0 Å². The van der Waals surface area contributed by atoms with Gasteiger partial charge in [0, 0.05) is 54.4 Å². The predicted octanol–water partition coefficient (Wildman–Crippen LogP) is 3.80. The van der Waals surface area contributed by atoms with E-state index in [1.165, 1.54) is 29.4 Å². The highest BCUT2D eigenvalue weighted by Gasteiger charge is 2.24. The quantitative estimate of drug-likeness (QED) is 0.161. The van der Waals surface area contributed by atoms with Crippen LogP contribution in [0, 0.1) is 20.2 Å². The summed E-state index contributed by atoms with van der Waals surface area (Å²) in [7, 11) is 0. The first kappa shape index (κ1) is 26.6. The number of hydrazone groups is 1. The molecule has 3 rings (SSSR count). The lowest BCUT2D eigenvalue weighted by molar-refractivity contribution is -0.422. The van der Waals surface area contributed by atoms with Gasteiger partial charge in [-0.25, -0.2) is 10.4 Å². The second kappa shape index (κ2) is 12.6. The predicted molar refractivity (Wildman–Crippen MR) is 137 cm³/mol. The maximum Gasteiger partial charge on any atom is 0.346 e. The fourth-order valence-electron chi connectivity index (χ4n) is 3.30. The van der Waals surface area contributed by atoms with Crippen LogP contribution in [0.1, 0.15) is 5.56 Å². The van der Waals surface area contributed by atoms with Gasteiger partial charge in [0.2, 0.25) is 0 Å². The van der Waals surface area contributed by atoms with Gasteiger partial charge in [-0.15, -0.1) is 23.2 Å². The maximum absolute atomic E-state index is 12.2. The maximum atomic E-state index is 12.2. The molecule has 188 valence electrons. The third-order valence-corrected chi connectivity index (χ3v) is 5.33. The van der Waals surface area contributed by atoms with E-state index < -0.39 is 27.1 Å². The number of hydrogen-bond acceptors (Lipinski definition) is 8. The molecule has 36 heavy (non-hydrogen) atoms. The fraction of sp³-hybridized carbons (Fsp3) is 0.227. The summed E-state index contributed by atoms with van der Waals surface area (Å²) in [4.78, 5) is 38.9. The Labute approximate surface area is 215 Å². The summed E-state index contributed by atoms with van der Waals surface area (Å²) in [5, 5.41) is 26.1. The smallest absolute Gasteiger partial charge is 0.346 e. The van der Waals surface area contributed by atoms with Crippen LogP contribution in [-0.2, 0) is 11.3 Å². The summed E-state index contributed by atoms with van der Waals surface area (Å²) < 4.78 is 1.46. The van der Waals surface area contributed by atoms with Gasteiger partial charge in [0.1, 0.15) is 6.54 Å². The Bertz CT molecular complexity index is 1260. The molecule has 0 fully saturated rings. The summed E-state index contributed by atoms with van der Waals surface area (Å²) in [6.45, 7) is 1.24.